The molecular formula is C15H17NSi. The normalized spacial score (nSPS) is 10.8. The van der Waals surface area contributed by atoms with E-state index in [0.29, 0.717) is 0 Å². The van der Waals surface area contributed by atoms with Crippen LogP contribution in [0.3, 0.4) is 0 Å². The minimum Gasteiger partial charge on any atom is -0.315 e. The van der Waals surface area contributed by atoms with Crippen LogP contribution in [0.15, 0.2) is 42.5 Å². The fourth-order valence-electron chi connectivity index (χ4n) is 1.62. The van der Waals surface area contributed by atoms with Gasteiger partial charge in [-0.15, -0.1) is 5.54 Å². The first-order valence-electron chi connectivity index (χ1n) is 5.82. The Bertz CT molecular complexity index is 580. The topological polar surface area (TPSA) is 12.0 Å². The lowest BCUT2D eigenvalue weighted by molar-refractivity contribution is 1.67. The van der Waals surface area contributed by atoms with Crippen LogP contribution >= 0.6 is 0 Å². The van der Waals surface area contributed by atoms with Crippen LogP contribution in [0.2, 0.25) is 19.6 Å². The number of benzene rings is 2. The van der Waals surface area contributed by atoms with Crippen LogP contribution in [-0.2, 0) is 0 Å². The SMILES string of the molecule is C[Si](C)(C)C#CNc1cccc2ccccc12. The van der Waals surface area contributed by atoms with Crippen molar-refractivity contribution in [2.24, 2.45) is 0 Å². The molecule has 0 fully saturated rings. The minimum atomic E-state index is -1.30. The highest BCUT2D eigenvalue weighted by Gasteiger charge is 2.07. The smallest absolute Gasteiger partial charge is 0.131 e. The maximum Gasteiger partial charge on any atom is 0.131 e. The van der Waals surface area contributed by atoms with Crippen molar-refractivity contribution in [2.75, 3.05) is 5.32 Å². The Kier molecular flexibility index (Phi) is 3.21. The summed E-state index contributed by atoms with van der Waals surface area (Å²) in [5.74, 6) is 0. The van der Waals surface area contributed by atoms with Gasteiger partial charge in [0.1, 0.15) is 8.07 Å². The van der Waals surface area contributed by atoms with Crippen LogP contribution in [0.5, 0.6) is 0 Å². The summed E-state index contributed by atoms with van der Waals surface area (Å²) in [5.41, 5.74) is 4.40. The van der Waals surface area contributed by atoms with Gasteiger partial charge < -0.3 is 5.32 Å². The molecule has 17 heavy (non-hydrogen) atoms. The monoisotopic (exact) mass is 239 g/mol. The van der Waals surface area contributed by atoms with Crippen molar-refractivity contribution in [1.29, 1.82) is 0 Å². The van der Waals surface area contributed by atoms with E-state index in [9.17, 15) is 0 Å². The molecule has 0 amide bonds. The maximum absolute atomic E-state index is 3.31. The average molecular weight is 239 g/mol. The Hall–Kier alpha value is -1.72. The van der Waals surface area contributed by atoms with E-state index >= 15 is 0 Å². The Morgan fingerprint density at radius 1 is 0.941 bits per heavy atom. The fraction of sp³-hybridized carbons (Fsp3) is 0.200. The van der Waals surface area contributed by atoms with Gasteiger partial charge in [-0.2, -0.15) is 0 Å². The summed E-state index contributed by atoms with van der Waals surface area (Å²) in [6, 6.07) is 17.7. The van der Waals surface area contributed by atoms with E-state index in [2.05, 4.69) is 79.0 Å². The van der Waals surface area contributed by atoms with Crippen LogP contribution in [0.1, 0.15) is 0 Å². The van der Waals surface area contributed by atoms with Crippen LogP contribution in [0.4, 0.5) is 5.69 Å². The summed E-state index contributed by atoms with van der Waals surface area (Å²) in [5, 5.41) is 5.68. The molecule has 0 aliphatic rings. The van der Waals surface area contributed by atoms with E-state index in [1.54, 1.807) is 0 Å². The summed E-state index contributed by atoms with van der Waals surface area (Å²) in [6.07, 6.45) is 0. The molecule has 0 aromatic heterocycles. The second-order valence-electron chi connectivity index (χ2n) is 5.15. The molecule has 2 rings (SSSR count). The molecular weight excluding hydrogens is 222 g/mol. The maximum atomic E-state index is 3.31. The molecule has 1 nitrogen and oxygen atoms in total. The van der Waals surface area contributed by atoms with E-state index < -0.39 is 8.07 Å². The number of fused-ring (bicyclic) bond motifs is 1. The van der Waals surface area contributed by atoms with E-state index in [0.717, 1.165) is 5.69 Å². The number of nitrogens with one attached hydrogen (secondary N) is 1. The van der Waals surface area contributed by atoms with Crippen molar-refractivity contribution < 1.29 is 0 Å². The molecule has 0 radical (unpaired) electrons. The third-order valence-electron chi connectivity index (χ3n) is 2.42. The lowest BCUT2D eigenvalue weighted by atomic mass is 10.1. The molecule has 0 aliphatic carbocycles. The zero-order valence-corrected chi connectivity index (χ0v) is 11.5. The minimum absolute atomic E-state index is 1.09. The summed E-state index contributed by atoms with van der Waals surface area (Å²) < 4.78 is 0. The zero-order valence-electron chi connectivity index (χ0n) is 10.5. The lowest BCUT2D eigenvalue weighted by Crippen LogP contribution is -2.16. The highest BCUT2D eigenvalue weighted by atomic mass is 28.3. The molecule has 0 atom stereocenters. The van der Waals surface area contributed by atoms with Gasteiger partial charge in [0, 0.05) is 11.4 Å². The third kappa shape index (κ3) is 3.12. The van der Waals surface area contributed by atoms with Gasteiger partial charge in [0.05, 0.1) is 5.69 Å². The van der Waals surface area contributed by atoms with Gasteiger partial charge in [0.25, 0.3) is 0 Å². The van der Waals surface area contributed by atoms with Gasteiger partial charge in [-0.3, -0.25) is 0 Å². The molecule has 86 valence electrons. The van der Waals surface area contributed by atoms with Crippen molar-refractivity contribution >= 4 is 24.5 Å². The first-order valence-corrected chi connectivity index (χ1v) is 9.32. The molecule has 0 bridgehead atoms. The van der Waals surface area contributed by atoms with Crippen molar-refractivity contribution in [3.05, 3.63) is 42.5 Å². The molecule has 0 unspecified atom stereocenters. The first-order chi connectivity index (χ1) is 8.06. The molecule has 0 spiro atoms. The first kappa shape index (κ1) is 11.8. The molecule has 0 saturated heterocycles. The fourth-order valence-corrected chi connectivity index (χ4v) is 2.06. The van der Waals surface area contributed by atoms with Crippen molar-refractivity contribution in [3.63, 3.8) is 0 Å². The van der Waals surface area contributed by atoms with Crippen molar-refractivity contribution in [2.45, 2.75) is 19.6 Å². The third-order valence-corrected chi connectivity index (χ3v) is 3.30. The van der Waals surface area contributed by atoms with Gasteiger partial charge in [-0.05, 0) is 11.5 Å². The zero-order chi connectivity index (χ0) is 12.3. The van der Waals surface area contributed by atoms with Crippen LogP contribution in [-0.4, -0.2) is 8.07 Å². The van der Waals surface area contributed by atoms with Crippen molar-refractivity contribution in [1.82, 2.24) is 0 Å². The van der Waals surface area contributed by atoms with Crippen LogP contribution < -0.4 is 5.32 Å². The summed E-state index contributed by atoms with van der Waals surface area (Å²) in [6.45, 7) is 6.72. The second kappa shape index (κ2) is 4.64. The number of hydrogen-bond acceptors (Lipinski definition) is 1. The summed E-state index contributed by atoms with van der Waals surface area (Å²) in [4.78, 5) is 0. The highest BCUT2D eigenvalue weighted by Crippen LogP contribution is 2.22. The van der Waals surface area contributed by atoms with Gasteiger partial charge in [0.15, 0.2) is 0 Å². The molecule has 2 heteroatoms. The highest BCUT2D eigenvalue weighted by molar-refractivity contribution is 6.83. The molecule has 2 aromatic carbocycles. The number of hydrogen-bond donors (Lipinski definition) is 1. The standard InChI is InChI=1S/C15H17NSi/c1-17(2,3)12-11-16-15-10-6-8-13-7-4-5-9-14(13)15/h4-10,16H,1-3H3. The van der Waals surface area contributed by atoms with Gasteiger partial charge in [-0.1, -0.05) is 56.0 Å². The molecule has 2 aromatic rings. The van der Waals surface area contributed by atoms with E-state index in [-0.39, 0.29) is 0 Å². The predicted octanol–water partition coefficient (Wildman–Crippen LogP) is 4.09. The quantitative estimate of drug-likeness (QED) is 0.449. The van der Waals surface area contributed by atoms with Crippen LogP contribution in [0, 0.1) is 11.6 Å². The van der Waals surface area contributed by atoms with Gasteiger partial charge in [-0.25, -0.2) is 0 Å². The Labute approximate surface area is 104 Å². The predicted molar refractivity (Wildman–Crippen MR) is 78.7 cm³/mol. The Balaban J connectivity index is 2.33. The van der Waals surface area contributed by atoms with Crippen LogP contribution in [0.25, 0.3) is 10.8 Å². The molecule has 0 saturated carbocycles. The lowest BCUT2D eigenvalue weighted by Gasteiger charge is -2.06. The van der Waals surface area contributed by atoms with E-state index in [1.165, 1.54) is 10.8 Å². The van der Waals surface area contributed by atoms with Gasteiger partial charge in [0.2, 0.25) is 0 Å². The molecule has 1 N–H and O–H groups in total. The second-order valence-corrected chi connectivity index (χ2v) is 9.90. The Morgan fingerprint density at radius 2 is 1.65 bits per heavy atom. The Morgan fingerprint density at radius 3 is 2.41 bits per heavy atom. The largest absolute Gasteiger partial charge is 0.315 e. The van der Waals surface area contributed by atoms with E-state index in [4.69, 9.17) is 0 Å². The number of anilines is 1. The molecule has 0 aliphatic heterocycles. The summed E-state index contributed by atoms with van der Waals surface area (Å²) >= 11 is 0. The van der Waals surface area contributed by atoms with Crippen molar-refractivity contribution in [3.8, 4) is 11.6 Å². The number of rotatable bonds is 1. The summed E-state index contributed by atoms with van der Waals surface area (Å²) in [7, 11) is -1.30. The van der Waals surface area contributed by atoms with Gasteiger partial charge >= 0.3 is 0 Å². The van der Waals surface area contributed by atoms with E-state index in [1.807, 2.05) is 0 Å². The molecule has 0 heterocycles. The average Bonchev–Trinajstić information content (AvgIpc) is 2.28.